The molecule has 2 aliphatic heterocycles. The topological polar surface area (TPSA) is 68.7 Å². The van der Waals surface area contributed by atoms with E-state index in [4.69, 9.17) is 19.2 Å². The van der Waals surface area contributed by atoms with Gasteiger partial charge in [0, 0.05) is 24.9 Å². The van der Waals surface area contributed by atoms with Crippen LogP contribution in [0.2, 0.25) is 0 Å². The predicted octanol–water partition coefficient (Wildman–Crippen LogP) is 4.00. The lowest BCUT2D eigenvalue weighted by atomic mass is 9.97. The van der Waals surface area contributed by atoms with Crippen molar-refractivity contribution in [1.82, 2.24) is 20.2 Å². The third-order valence-corrected chi connectivity index (χ3v) is 7.34. The zero-order valence-electron chi connectivity index (χ0n) is 19.7. The first-order chi connectivity index (χ1) is 16.8. The molecule has 0 atom stereocenters. The van der Waals surface area contributed by atoms with Crippen molar-refractivity contribution in [3.8, 4) is 17.2 Å². The van der Waals surface area contributed by atoms with Gasteiger partial charge < -0.3 is 24.4 Å². The van der Waals surface area contributed by atoms with Crippen LogP contribution in [-0.4, -0.2) is 67.1 Å². The van der Waals surface area contributed by atoms with Gasteiger partial charge >= 0.3 is 0 Å². The Bertz CT molecular complexity index is 1100. The van der Waals surface area contributed by atoms with E-state index in [9.17, 15) is 0 Å². The molecule has 1 fully saturated rings. The Hall–Kier alpha value is -2.55. The Labute approximate surface area is 205 Å². The second-order valence-corrected chi connectivity index (χ2v) is 9.92. The van der Waals surface area contributed by atoms with Crippen molar-refractivity contribution >= 4 is 22.8 Å². The van der Waals surface area contributed by atoms with E-state index in [2.05, 4.69) is 27.3 Å². The molecule has 3 heterocycles. The van der Waals surface area contributed by atoms with Crippen molar-refractivity contribution in [3.63, 3.8) is 0 Å². The fourth-order valence-electron chi connectivity index (χ4n) is 4.48. The van der Waals surface area contributed by atoms with Crippen LogP contribution in [0, 0.1) is 5.92 Å². The molecule has 0 bridgehead atoms. The molecule has 2 aliphatic rings. The smallest absolute Gasteiger partial charge is 0.161 e. The van der Waals surface area contributed by atoms with Crippen LogP contribution in [0.25, 0.3) is 11.0 Å². The van der Waals surface area contributed by atoms with Gasteiger partial charge in [-0.3, -0.25) is 4.98 Å². The number of nitrogens with one attached hydrogen (secondary N) is 1. The third-order valence-electron chi connectivity index (χ3n) is 6.46. The number of benzene rings is 2. The minimum absolute atomic E-state index is 0.631. The molecule has 5 rings (SSSR count). The van der Waals surface area contributed by atoms with E-state index in [0.29, 0.717) is 13.2 Å². The second-order valence-electron chi connectivity index (χ2n) is 8.81. The van der Waals surface area contributed by atoms with E-state index in [-0.39, 0.29) is 0 Å². The number of likely N-dealkylation sites (tertiary alicyclic amines) is 1. The molecule has 1 N–H and O–H groups in total. The largest absolute Gasteiger partial charge is 0.497 e. The monoisotopic (exact) mass is 480 g/mol. The summed E-state index contributed by atoms with van der Waals surface area (Å²) in [5.74, 6) is 4.30. The highest BCUT2D eigenvalue weighted by molar-refractivity contribution is 7.99. The van der Waals surface area contributed by atoms with Gasteiger partial charge in [-0.2, -0.15) is 0 Å². The molecule has 0 aliphatic carbocycles. The zero-order chi connectivity index (χ0) is 23.2. The molecule has 34 heavy (non-hydrogen) atoms. The molecule has 0 spiro atoms. The number of hydrogen-bond donors (Lipinski definition) is 1. The molecule has 1 saturated heterocycles. The average Bonchev–Trinajstić information content (AvgIpc) is 2.89. The first-order valence-electron chi connectivity index (χ1n) is 12.0. The molecule has 0 radical (unpaired) electrons. The number of ether oxygens (including phenoxy) is 3. The lowest BCUT2D eigenvalue weighted by molar-refractivity contribution is 0.171. The Morgan fingerprint density at radius 1 is 1.06 bits per heavy atom. The van der Waals surface area contributed by atoms with Gasteiger partial charge in [-0.15, -0.1) is 11.8 Å². The molecule has 2 aromatic carbocycles. The number of methoxy groups -OCH3 is 1. The molecular weight excluding hydrogens is 448 g/mol. The minimum Gasteiger partial charge on any atom is -0.497 e. The van der Waals surface area contributed by atoms with E-state index >= 15 is 0 Å². The fourth-order valence-corrected chi connectivity index (χ4v) is 5.33. The van der Waals surface area contributed by atoms with Gasteiger partial charge in [0.1, 0.15) is 24.0 Å². The van der Waals surface area contributed by atoms with E-state index in [0.717, 1.165) is 77.7 Å². The summed E-state index contributed by atoms with van der Waals surface area (Å²) in [6.07, 6.45) is 4.36. The quantitative estimate of drug-likeness (QED) is 0.461. The first kappa shape index (κ1) is 23.2. The summed E-state index contributed by atoms with van der Waals surface area (Å²) in [7, 11) is 1.67. The normalized spacial score (nSPS) is 16.6. The second kappa shape index (κ2) is 11.3. The Kier molecular flexibility index (Phi) is 7.68. The van der Waals surface area contributed by atoms with Crippen molar-refractivity contribution in [1.29, 1.82) is 0 Å². The Balaban J connectivity index is 1.00. The van der Waals surface area contributed by atoms with Crippen LogP contribution in [0.4, 0.5) is 0 Å². The van der Waals surface area contributed by atoms with Crippen LogP contribution in [0.3, 0.4) is 0 Å². The number of thioether (sulfide) groups is 1. The highest BCUT2D eigenvalue weighted by Crippen LogP contribution is 2.30. The van der Waals surface area contributed by atoms with Crippen molar-refractivity contribution in [2.75, 3.05) is 52.3 Å². The lowest BCUT2D eigenvalue weighted by Crippen LogP contribution is -2.38. The van der Waals surface area contributed by atoms with Gasteiger partial charge in [0.2, 0.25) is 0 Å². The van der Waals surface area contributed by atoms with E-state index in [1.807, 2.05) is 30.5 Å². The first-order valence-corrected chi connectivity index (χ1v) is 13.0. The molecule has 0 saturated carbocycles. The summed E-state index contributed by atoms with van der Waals surface area (Å²) >= 11 is 1.78. The van der Waals surface area contributed by atoms with E-state index in [1.165, 1.54) is 18.4 Å². The summed E-state index contributed by atoms with van der Waals surface area (Å²) in [5, 5.41) is 4.61. The average molecular weight is 481 g/mol. The maximum Gasteiger partial charge on any atom is 0.161 e. The highest BCUT2D eigenvalue weighted by atomic mass is 32.2. The number of hydrogen-bond acceptors (Lipinski definition) is 8. The maximum absolute atomic E-state index is 5.69. The molecule has 1 aromatic heterocycles. The number of piperidine rings is 1. The van der Waals surface area contributed by atoms with Gasteiger partial charge in [0.15, 0.2) is 11.5 Å². The third kappa shape index (κ3) is 5.92. The van der Waals surface area contributed by atoms with Gasteiger partial charge in [0.05, 0.1) is 24.3 Å². The lowest BCUT2D eigenvalue weighted by Gasteiger charge is -2.32. The molecular formula is C26H32N4O3S. The molecule has 0 amide bonds. The van der Waals surface area contributed by atoms with Crippen LogP contribution < -0.4 is 19.5 Å². The van der Waals surface area contributed by atoms with Crippen molar-refractivity contribution in [2.24, 2.45) is 5.92 Å². The Morgan fingerprint density at radius 2 is 1.91 bits per heavy atom. The molecule has 7 nitrogen and oxygen atoms in total. The van der Waals surface area contributed by atoms with Crippen LogP contribution in [-0.2, 0) is 6.54 Å². The summed E-state index contributed by atoms with van der Waals surface area (Å²) < 4.78 is 16.6. The summed E-state index contributed by atoms with van der Waals surface area (Å²) in [6, 6.07) is 12.0. The van der Waals surface area contributed by atoms with Crippen LogP contribution in [0.1, 0.15) is 18.4 Å². The molecule has 0 unspecified atom stereocenters. The summed E-state index contributed by atoms with van der Waals surface area (Å²) in [6.45, 7) is 6.61. The minimum atomic E-state index is 0.631. The predicted molar refractivity (Wildman–Crippen MR) is 135 cm³/mol. The van der Waals surface area contributed by atoms with E-state index < -0.39 is 0 Å². The van der Waals surface area contributed by atoms with Gasteiger partial charge in [-0.1, -0.05) is 6.07 Å². The van der Waals surface area contributed by atoms with Crippen LogP contribution in [0.15, 0.2) is 47.6 Å². The highest BCUT2D eigenvalue weighted by Gasteiger charge is 2.19. The molecule has 8 heteroatoms. The Morgan fingerprint density at radius 3 is 2.76 bits per heavy atom. The van der Waals surface area contributed by atoms with Crippen LogP contribution in [0.5, 0.6) is 17.2 Å². The van der Waals surface area contributed by atoms with Gasteiger partial charge in [-0.05, 0) is 68.2 Å². The van der Waals surface area contributed by atoms with Crippen LogP contribution >= 0.6 is 11.8 Å². The van der Waals surface area contributed by atoms with Crippen molar-refractivity contribution in [3.05, 3.63) is 48.2 Å². The SMILES string of the molecule is COc1ccc2ncc(SCCN3CCC(CNCc4ccc5c(c4)OCCO5)CC3)nc2c1. The summed E-state index contributed by atoms with van der Waals surface area (Å²) in [4.78, 5) is 11.8. The van der Waals surface area contributed by atoms with Crippen molar-refractivity contribution in [2.45, 2.75) is 24.4 Å². The summed E-state index contributed by atoms with van der Waals surface area (Å²) in [5.41, 5.74) is 3.03. The number of nitrogens with zero attached hydrogens (tertiary/aromatic N) is 3. The number of rotatable bonds is 9. The molecule has 3 aromatic rings. The molecule has 180 valence electrons. The standard InChI is InChI=1S/C26H32N4O3S/c1-31-21-3-4-22-23(15-21)29-26(18-28-22)34-13-10-30-8-6-19(7-9-30)16-27-17-20-2-5-24-25(14-20)33-12-11-32-24/h2-5,14-15,18-19,27H,6-13,16-17H2,1H3. The van der Waals surface area contributed by atoms with Gasteiger partial charge in [0.25, 0.3) is 0 Å². The number of fused-ring (bicyclic) bond motifs is 2. The number of aromatic nitrogens is 2. The van der Waals surface area contributed by atoms with Crippen molar-refractivity contribution < 1.29 is 14.2 Å². The zero-order valence-corrected chi connectivity index (χ0v) is 20.5. The fraction of sp³-hybridized carbons (Fsp3) is 0.462. The maximum atomic E-state index is 5.69. The van der Waals surface area contributed by atoms with E-state index in [1.54, 1.807) is 18.9 Å². The van der Waals surface area contributed by atoms with Gasteiger partial charge in [-0.25, -0.2) is 4.98 Å².